The highest BCUT2D eigenvalue weighted by molar-refractivity contribution is 5.36. The first-order valence-corrected chi connectivity index (χ1v) is 7.57. The minimum Gasteiger partial charge on any atom is -0.494 e. The second-order valence-electron chi connectivity index (χ2n) is 5.21. The molecular weight excluding hydrogens is 252 g/mol. The summed E-state index contributed by atoms with van der Waals surface area (Å²) >= 11 is 0. The zero-order valence-electron chi connectivity index (χ0n) is 12.5. The molecule has 1 heterocycles. The van der Waals surface area contributed by atoms with Gasteiger partial charge in [0.1, 0.15) is 5.75 Å². The van der Waals surface area contributed by atoms with Crippen LogP contribution in [0, 0.1) is 0 Å². The summed E-state index contributed by atoms with van der Waals surface area (Å²) in [5.41, 5.74) is 7.47. The number of nitrogens with zero attached hydrogens (tertiary/aromatic N) is 1. The molecule has 0 aromatic heterocycles. The second-order valence-corrected chi connectivity index (χ2v) is 5.21. The van der Waals surface area contributed by atoms with Crippen molar-refractivity contribution in [3.8, 4) is 5.75 Å². The van der Waals surface area contributed by atoms with Crippen LogP contribution in [0.25, 0.3) is 0 Å². The normalized spacial score (nSPS) is 21.6. The Balaban J connectivity index is 2.08. The average molecular weight is 278 g/mol. The summed E-state index contributed by atoms with van der Waals surface area (Å²) in [6.07, 6.45) is 1.20. The van der Waals surface area contributed by atoms with Gasteiger partial charge in [0.05, 0.1) is 25.4 Å². The van der Waals surface area contributed by atoms with Crippen molar-refractivity contribution in [1.29, 1.82) is 0 Å². The minimum absolute atomic E-state index is 0.0388. The molecule has 20 heavy (non-hydrogen) atoms. The number of hydrogen-bond acceptors (Lipinski definition) is 4. The van der Waals surface area contributed by atoms with Crippen molar-refractivity contribution in [1.82, 2.24) is 4.90 Å². The average Bonchev–Trinajstić information content (AvgIpc) is 2.48. The smallest absolute Gasteiger partial charge is 0.124 e. The number of ether oxygens (including phenoxy) is 2. The standard InChI is InChI=1S/C16H26N2O2/c1-3-9-18-10-11-20-15(12-18)16(17)13-7-5-6-8-14(13)19-4-2/h5-8,15-16H,3-4,9-12,17H2,1-2H3. The van der Waals surface area contributed by atoms with Crippen LogP contribution >= 0.6 is 0 Å². The van der Waals surface area contributed by atoms with E-state index in [0.29, 0.717) is 6.61 Å². The van der Waals surface area contributed by atoms with Gasteiger partial charge < -0.3 is 15.2 Å². The summed E-state index contributed by atoms with van der Waals surface area (Å²) in [5, 5.41) is 0. The van der Waals surface area contributed by atoms with E-state index in [1.807, 2.05) is 31.2 Å². The largest absolute Gasteiger partial charge is 0.494 e. The van der Waals surface area contributed by atoms with Gasteiger partial charge >= 0.3 is 0 Å². The van der Waals surface area contributed by atoms with E-state index in [-0.39, 0.29) is 12.1 Å². The minimum atomic E-state index is -0.141. The fourth-order valence-corrected chi connectivity index (χ4v) is 2.71. The molecule has 4 nitrogen and oxygen atoms in total. The first-order valence-electron chi connectivity index (χ1n) is 7.57. The highest BCUT2D eigenvalue weighted by Gasteiger charge is 2.28. The third-order valence-corrected chi connectivity index (χ3v) is 3.70. The molecule has 1 fully saturated rings. The Bertz CT molecular complexity index is 409. The number of hydrogen-bond donors (Lipinski definition) is 1. The molecular formula is C16H26N2O2. The number of para-hydroxylation sites is 1. The van der Waals surface area contributed by atoms with E-state index in [1.54, 1.807) is 0 Å². The monoisotopic (exact) mass is 278 g/mol. The summed E-state index contributed by atoms with van der Waals surface area (Å²) in [6.45, 7) is 8.61. The topological polar surface area (TPSA) is 47.7 Å². The first kappa shape index (κ1) is 15.3. The van der Waals surface area contributed by atoms with Gasteiger partial charge in [0.2, 0.25) is 0 Å². The molecule has 1 saturated heterocycles. The highest BCUT2D eigenvalue weighted by Crippen LogP contribution is 2.28. The molecule has 0 radical (unpaired) electrons. The van der Waals surface area contributed by atoms with Gasteiger partial charge in [0.15, 0.2) is 0 Å². The van der Waals surface area contributed by atoms with E-state index < -0.39 is 0 Å². The molecule has 112 valence electrons. The third-order valence-electron chi connectivity index (χ3n) is 3.70. The Morgan fingerprint density at radius 2 is 2.20 bits per heavy atom. The van der Waals surface area contributed by atoms with E-state index in [1.165, 1.54) is 0 Å². The predicted molar refractivity (Wildman–Crippen MR) is 81.0 cm³/mol. The van der Waals surface area contributed by atoms with Crippen molar-refractivity contribution < 1.29 is 9.47 Å². The Morgan fingerprint density at radius 3 is 2.95 bits per heavy atom. The van der Waals surface area contributed by atoms with Gasteiger partial charge in [-0.2, -0.15) is 0 Å². The molecule has 0 bridgehead atoms. The molecule has 4 heteroatoms. The SMILES string of the molecule is CCCN1CCOC(C(N)c2ccccc2OCC)C1. The van der Waals surface area contributed by atoms with Crippen LogP contribution in [0.2, 0.25) is 0 Å². The molecule has 0 saturated carbocycles. The number of morpholine rings is 1. The maximum absolute atomic E-state index is 6.43. The molecule has 0 amide bonds. The predicted octanol–water partition coefficient (Wildman–Crippen LogP) is 2.20. The van der Waals surface area contributed by atoms with Gasteiger partial charge in [-0.15, -0.1) is 0 Å². The Labute approximate surface area is 121 Å². The number of rotatable bonds is 6. The summed E-state index contributed by atoms with van der Waals surface area (Å²) in [4.78, 5) is 2.43. The maximum Gasteiger partial charge on any atom is 0.124 e. The van der Waals surface area contributed by atoms with Gasteiger partial charge in [-0.3, -0.25) is 4.90 Å². The fourth-order valence-electron chi connectivity index (χ4n) is 2.71. The van der Waals surface area contributed by atoms with Crippen LogP contribution in [-0.2, 0) is 4.74 Å². The number of nitrogens with two attached hydrogens (primary N) is 1. The molecule has 0 spiro atoms. The molecule has 0 aliphatic carbocycles. The molecule has 2 atom stereocenters. The van der Waals surface area contributed by atoms with Crippen molar-refractivity contribution in [2.45, 2.75) is 32.4 Å². The lowest BCUT2D eigenvalue weighted by Crippen LogP contribution is -2.47. The zero-order chi connectivity index (χ0) is 14.4. The Morgan fingerprint density at radius 1 is 1.40 bits per heavy atom. The van der Waals surface area contributed by atoms with Crippen molar-refractivity contribution in [3.05, 3.63) is 29.8 Å². The van der Waals surface area contributed by atoms with Crippen LogP contribution in [0.15, 0.2) is 24.3 Å². The van der Waals surface area contributed by atoms with E-state index in [0.717, 1.165) is 44.0 Å². The van der Waals surface area contributed by atoms with Gasteiger partial charge in [0.25, 0.3) is 0 Å². The van der Waals surface area contributed by atoms with Crippen molar-refractivity contribution in [2.75, 3.05) is 32.8 Å². The molecule has 1 aliphatic rings. The molecule has 1 aromatic rings. The zero-order valence-corrected chi connectivity index (χ0v) is 12.5. The van der Waals surface area contributed by atoms with E-state index >= 15 is 0 Å². The lowest BCUT2D eigenvalue weighted by molar-refractivity contribution is -0.0411. The van der Waals surface area contributed by atoms with Crippen molar-refractivity contribution in [3.63, 3.8) is 0 Å². The van der Waals surface area contributed by atoms with Crippen molar-refractivity contribution >= 4 is 0 Å². The van der Waals surface area contributed by atoms with Gasteiger partial charge in [-0.05, 0) is 26.0 Å². The highest BCUT2D eigenvalue weighted by atomic mass is 16.5. The lowest BCUT2D eigenvalue weighted by atomic mass is 10.00. The lowest BCUT2D eigenvalue weighted by Gasteiger charge is -2.36. The third kappa shape index (κ3) is 3.72. The summed E-state index contributed by atoms with van der Waals surface area (Å²) in [7, 11) is 0. The summed E-state index contributed by atoms with van der Waals surface area (Å²) < 4.78 is 11.6. The molecule has 1 aromatic carbocycles. The van der Waals surface area contributed by atoms with Crippen LogP contribution in [0.1, 0.15) is 31.9 Å². The van der Waals surface area contributed by atoms with Crippen LogP contribution < -0.4 is 10.5 Å². The Kier molecular flexibility index (Phi) is 5.83. The maximum atomic E-state index is 6.43. The molecule has 2 N–H and O–H groups in total. The van der Waals surface area contributed by atoms with Gasteiger partial charge in [-0.1, -0.05) is 25.1 Å². The van der Waals surface area contributed by atoms with Crippen LogP contribution in [0.3, 0.4) is 0 Å². The van der Waals surface area contributed by atoms with Crippen molar-refractivity contribution in [2.24, 2.45) is 5.73 Å². The van der Waals surface area contributed by atoms with Gasteiger partial charge in [-0.25, -0.2) is 0 Å². The molecule has 2 rings (SSSR count). The van der Waals surface area contributed by atoms with E-state index in [9.17, 15) is 0 Å². The van der Waals surface area contributed by atoms with Crippen LogP contribution in [0.5, 0.6) is 5.75 Å². The van der Waals surface area contributed by atoms with Crippen LogP contribution in [0.4, 0.5) is 0 Å². The van der Waals surface area contributed by atoms with E-state index in [4.69, 9.17) is 15.2 Å². The fraction of sp³-hybridized carbons (Fsp3) is 0.625. The molecule has 2 unspecified atom stereocenters. The number of benzene rings is 1. The molecule has 1 aliphatic heterocycles. The summed E-state index contributed by atoms with van der Waals surface area (Å²) in [5.74, 6) is 0.874. The van der Waals surface area contributed by atoms with Crippen LogP contribution in [-0.4, -0.2) is 43.9 Å². The quantitative estimate of drug-likeness (QED) is 0.866. The first-order chi connectivity index (χ1) is 9.76. The summed E-state index contributed by atoms with van der Waals surface area (Å²) in [6, 6.07) is 7.86. The van der Waals surface area contributed by atoms with E-state index in [2.05, 4.69) is 11.8 Å². The van der Waals surface area contributed by atoms with Gasteiger partial charge in [0, 0.05) is 18.7 Å². The Hall–Kier alpha value is -1.10. The second kappa shape index (κ2) is 7.62.